The molecular formula is C21H14O6S2. The van der Waals surface area contributed by atoms with Gasteiger partial charge in [-0.3, -0.25) is 9.59 Å². The van der Waals surface area contributed by atoms with E-state index in [4.69, 9.17) is 0 Å². The number of hydrogen-bond acceptors (Lipinski definition) is 7. The second kappa shape index (κ2) is 8.68. The van der Waals surface area contributed by atoms with Gasteiger partial charge in [0.2, 0.25) is 0 Å². The van der Waals surface area contributed by atoms with E-state index in [2.05, 4.69) is 0 Å². The van der Waals surface area contributed by atoms with Crippen LogP contribution in [0, 0.1) is 0 Å². The summed E-state index contributed by atoms with van der Waals surface area (Å²) in [5.74, 6) is -3.21. The summed E-state index contributed by atoms with van der Waals surface area (Å²) in [6, 6.07) is 10.2. The van der Waals surface area contributed by atoms with Crippen LogP contribution in [0.2, 0.25) is 0 Å². The van der Waals surface area contributed by atoms with Crippen molar-refractivity contribution in [1.29, 1.82) is 0 Å². The first-order valence-electron chi connectivity index (χ1n) is 8.22. The van der Waals surface area contributed by atoms with Gasteiger partial charge in [-0.15, -0.1) is 22.7 Å². The van der Waals surface area contributed by atoms with Gasteiger partial charge in [0, 0.05) is 23.3 Å². The molecule has 0 unspecified atom stereocenters. The lowest BCUT2D eigenvalue weighted by molar-refractivity contribution is 0.0692. The molecule has 0 spiro atoms. The van der Waals surface area contributed by atoms with Gasteiger partial charge in [-0.1, -0.05) is 18.2 Å². The standard InChI is InChI=1S/C21H14O6S2/c22-15(10-17(24)19-3-1-7-28-19)12-5-6-13(21(26)27)14(9-12)16(23)11-18(25)20-4-2-8-29-20/h1-11,24-25H,(H,26,27). The third kappa shape index (κ3) is 4.68. The van der Waals surface area contributed by atoms with Crippen molar-refractivity contribution in [1.82, 2.24) is 0 Å². The van der Waals surface area contributed by atoms with Crippen LogP contribution in [0.5, 0.6) is 0 Å². The molecule has 1 aromatic carbocycles. The number of thiophene rings is 2. The molecule has 3 rings (SSSR count). The quantitative estimate of drug-likeness (QED) is 0.276. The van der Waals surface area contributed by atoms with Crippen LogP contribution in [0.4, 0.5) is 0 Å². The fraction of sp³-hybridized carbons (Fsp3) is 0. The molecule has 0 aliphatic heterocycles. The Kier molecular flexibility index (Phi) is 6.06. The highest BCUT2D eigenvalue weighted by Gasteiger charge is 2.19. The van der Waals surface area contributed by atoms with E-state index in [1.54, 1.807) is 35.0 Å². The summed E-state index contributed by atoms with van der Waals surface area (Å²) in [6.07, 6.45) is 1.93. The van der Waals surface area contributed by atoms with Crippen molar-refractivity contribution in [3.63, 3.8) is 0 Å². The number of benzene rings is 1. The lowest BCUT2D eigenvalue weighted by Gasteiger charge is -2.06. The highest BCUT2D eigenvalue weighted by molar-refractivity contribution is 7.11. The molecule has 0 fully saturated rings. The minimum absolute atomic E-state index is 0.0328. The molecule has 0 aliphatic carbocycles. The summed E-state index contributed by atoms with van der Waals surface area (Å²) in [7, 11) is 0. The molecule has 3 aromatic rings. The molecule has 2 aromatic heterocycles. The Bertz CT molecular complexity index is 1120. The fourth-order valence-electron chi connectivity index (χ4n) is 2.49. The number of carbonyl (C=O) groups is 3. The first-order chi connectivity index (χ1) is 13.9. The van der Waals surface area contributed by atoms with E-state index in [0.717, 1.165) is 24.3 Å². The van der Waals surface area contributed by atoms with Gasteiger partial charge in [-0.2, -0.15) is 0 Å². The van der Waals surface area contributed by atoms with Crippen molar-refractivity contribution in [3.8, 4) is 0 Å². The zero-order valence-electron chi connectivity index (χ0n) is 14.7. The van der Waals surface area contributed by atoms with Gasteiger partial charge >= 0.3 is 5.97 Å². The van der Waals surface area contributed by atoms with Gasteiger partial charge in [0.25, 0.3) is 0 Å². The van der Waals surface area contributed by atoms with E-state index in [1.165, 1.54) is 28.7 Å². The zero-order chi connectivity index (χ0) is 21.0. The maximum absolute atomic E-state index is 12.6. The average molecular weight is 426 g/mol. The number of aromatic carboxylic acids is 1. The third-order valence-electron chi connectivity index (χ3n) is 3.88. The molecule has 2 heterocycles. The predicted octanol–water partition coefficient (Wildman–Crippen LogP) is 5.07. The fourth-order valence-corrected chi connectivity index (χ4v) is 3.77. The van der Waals surface area contributed by atoms with Crippen LogP contribution >= 0.6 is 22.7 Å². The van der Waals surface area contributed by atoms with E-state index >= 15 is 0 Å². The van der Waals surface area contributed by atoms with Gasteiger partial charge in [0.05, 0.1) is 15.3 Å². The Balaban J connectivity index is 1.97. The van der Waals surface area contributed by atoms with Gasteiger partial charge in [-0.05, 0) is 35.0 Å². The van der Waals surface area contributed by atoms with E-state index in [0.29, 0.717) is 9.75 Å². The molecule has 0 saturated heterocycles. The Morgan fingerprint density at radius 3 is 1.76 bits per heavy atom. The summed E-state index contributed by atoms with van der Waals surface area (Å²) in [5, 5.41) is 32.9. The molecule has 146 valence electrons. The number of allylic oxidation sites excluding steroid dienone is 2. The topological polar surface area (TPSA) is 112 Å². The number of rotatable bonds is 7. The van der Waals surface area contributed by atoms with E-state index in [-0.39, 0.29) is 28.2 Å². The smallest absolute Gasteiger partial charge is 0.336 e. The van der Waals surface area contributed by atoms with Gasteiger partial charge in [0.1, 0.15) is 11.5 Å². The van der Waals surface area contributed by atoms with Crippen LogP contribution in [0.15, 0.2) is 65.4 Å². The number of ketones is 2. The summed E-state index contributed by atoms with van der Waals surface area (Å²) in [6.45, 7) is 0. The van der Waals surface area contributed by atoms with Gasteiger partial charge in [0.15, 0.2) is 11.6 Å². The minimum Gasteiger partial charge on any atom is -0.506 e. The minimum atomic E-state index is -1.34. The molecule has 3 N–H and O–H groups in total. The molecule has 0 saturated carbocycles. The van der Waals surface area contributed by atoms with Gasteiger partial charge < -0.3 is 15.3 Å². The average Bonchev–Trinajstić information content (AvgIpc) is 3.41. The molecule has 0 radical (unpaired) electrons. The number of carbonyl (C=O) groups excluding carboxylic acids is 2. The molecule has 6 nitrogen and oxygen atoms in total. The van der Waals surface area contributed by atoms with E-state index in [9.17, 15) is 29.7 Å². The van der Waals surface area contributed by atoms with Crippen LogP contribution in [0.1, 0.15) is 40.8 Å². The third-order valence-corrected chi connectivity index (χ3v) is 5.67. The van der Waals surface area contributed by atoms with Crippen molar-refractivity contribution >= 4 is 51.7 Å². The van der Waals surface area contributed by atoms with Crippen LogP contribution in [0.3, 0.4) is 0 Å². The molecule has 8 heteroatoms. The van der Waals surface area contributed by atoms with Crippen LogP contribution in [0.25, 0.3) is 11.5 Å². The first-order valence-corrected chi connectivity index (χ1v) is 9.98. The van der Waals surface area contributed by atoms with Crippen LogP contribution in [-0.4, -0.2) is 32.9 Å². The number of hydrogen-bond donors (Lipinski definition) is 3. The lowest BCUT2D eigenvalue weighted by atomic mass is 9.97. The number of carboxylic acids is 1. The van der Waals surface area contributed by atoms with Crippen molar-refractivity contribution in [2.24, 2.45) is 0 Å². The van der Waals surface area contributed by atoms with E-state index in [1.807, 2.05) is 0 Å². The van der Waals surface area contributed by atoms with Crippen molar-refractivity contribution in [2.45, 2.75) is 0 Å². The summed E-state index contributed by atoms with van der Waals surface area (Å²) >= 11 is 2.47. The van der Waals surface area contributed by atoms with Gasteiger partial charge in [-0.25, -0.2) is 4.79 Å². The van der Waals surface area contributed by atoms with Crippen molar-refractivity contribution in [3.05, 3.63) is 91.8 Å². The Morgan fingerprint density at radius 2 is 1.28 bits per heavy atom. The lowest BCUT2D eigenvalue weighted by Crippen LogP contribution is -2.09. The molecule has 0 aliphatic rings. The molecule has 0 atom stereocenters. The predicted molar refractivity (Wildman–Crippen MR) is 112 cm³/mol. The maximum Gasteiger partial charge on any atom is 0.336 e. The normalized spacial score (nSPS) is 12.0. The molecule has 0 amide bonds. The Morgan fingerprint density at radius 1 is 0.724 bits per heavy atom. The van der Waals surface area contributed by atoms with Crippen molar-refractivity contribution in [2.75, 3.05) is 0 Å². The largest absolute Gasteiger partial charge is 0.506 e. The molecular weight excluding hydrogens is 412 g/mol. The number of aliphatic hydroxyl groups is 2. The summed E-state index contributed by atoms with van der Waals surface area (Å²) in [4.78, 5) is 37.5. The first kappa shape index (κ1) is 20.2. The SMILES string of the molecule is O=C(C=C(O)c1cccs1)c1ccc(C(=O)O)c(C(=O)C=C(O)c2cccs2)c1. The Labute approximate surface area is 173 Å². The highest BCUT2D eigenvalue weighted by Crippen LogP contribution is 2.22. The second-order valence-corrected chi connectivity index (χ2v) is 7.70. The number of carboxylic acid groups (broad SMARTS) is 1. The zero-order valence-corrected chi connectivity index (χ0v) is 16.4. The Hall–Kier alpha value is -3.49. The second-order valence-electron chi connectivity index (χ2n) is 5.81. The number of aliphatic hydroxyl groups excluding tert-OH is 2. The summed E-state index contributed by atoms with van der Waals surface area (Å²) < 4.78 is 0. The monoisotopic (exact) mass is 426 g/mol. The maximum atomic E-state index is 12.6. The van der Waals surface area contributed by atoms with Crippen LogP contribution < -0.4 is 0 Å². The van der Waals surface area contributed by atoms with E-state index < -0.39 is 17.5 Å². The van der Waals surface area contributed by atoms with Crippen LogP contribution in [-0.2, 0) is 0 Å². The van der Waals surface area contributed by atoms with Crippen molar-refractivity contribution < 1.29 is 29.7 Å². The molecule has 29 heavy (non-hydrogen) atoms. The highest BCUT2D eigenvalue weighted by atomic mass is 32.1. The molecule has 0 bridgehead atoms. The summed E-state index contributed by atoms with van der Waals surface area (Å²) in [5.41, 5.74) is -0.505.